The minimum Gasteiger partial charge on any atom is -0.368 e. The molecule has 0 amide bonds. The van der Waals surface area contributed by atoms with Crippen LogP contribution in [0.5, 0.6) is 0 Å². The molecular weight excluding hydrogens is 292 g/mol. The lowest BCUT2D eigenvalue weighted by atomic mass is 10.2. The van der Waals surface area contributed by atoms with E-state index >= 15 is 0 Å². The second-order valence-electron chi connectivity index (χ2n) is 5.04. The van der Waals surface area contributed by atoms with Gasteiger partial charge in [0.05, 0.1) is 5.75 Å². The Bertz CT molecular complexity index is 712. The second kappa shape index (κ2) is 6.21. The third kappa shape index (κ3) is 4.82. The molecular formula is C13H18N4O3S. The van der Waals surface area contributed by atoms with Crippen LogP contribution in [0.4, 0.5) is 5.82 Å². The molecule has 0 aliphatic rings. The Morgan fingerprint density at radius 1 is 1.43 bits per heavy atom. The molecule has 1 unspecified atom stereocenters. The predicted molar refractivity (Wildman–Crippen MR) is 79.7 cm³/mol. The van der Waals surface area contributed by atoms with Gasteiger partial charge >= 0.3 is 0 Å². The molecule has 2 heterocycles. The summed E-state index contributed by atoms with van der Waals surface area (Å²) in [6.07, 6.45) is 3.39. The Morgan fingerprint density at radius 2 is 2.19 bits per heavy atom. The molecule has 7 nitrogen and oxygen atoms in total. The van der Waals surface area contributed by atoms with Crippen LogP contribution in [0, 0.1) is 6.92 Å². The lowest BCUT2D eigenvalue weighted by Gasteiger charge is -2.14. The highest BCUT2D eigenvalue weighted by molar-refractivity contribution is 7.90. The van der Waals surface area contributed by atoms with Gasteiger partial charge in [0.25, 0.3) is 5.89 Å². The zero-order valence-corrected chi connectivity index (χ0v) is 13.0. The van der Waals surface area contributed by atoms with E-state index in [2.05, 4.69) is 20.4 Å². The van der Waals surface area contributed by atoms with Gasteiger partial charge in [-0.2, -0.15) is 4.98 Å². The van der Waals surface area contributed by atoms with Gasteiger partial charge in [0, 0.05) is 24.1 Å². The summed E-state index contributed by atoms with van der Waals surface area (Å²) < 4.78 is 27.4. The number of hydrogen-bond donors (Lipinski definition) is 1. The van der Waals surface area contributed by atoms with Crippen molar-refractivity contribution in [3.05, 3.63) is 24.2 Å². The number of nitrogens with zero attached hydrogens (tertiary/aromatic N) is 3. The molecule has 0 aliphatic heterocycles. The molecule has 0 saturated heterocycles. The fourth-order valence-electron chi connectivity index (χ4n) is 1.77. The van der Waals surface area contributed by atoms with Crippen LogP contribution in [0.2, 0.25) is 0 Å². The van der Waals surface area contributed by atoms with Gasteiger partial charge in [0.1, 0.15) is 15.7 Å². The topological polar surface area (TPSA) is 98.0 Å². The van der Waals surface area contributed by atoms with E-state index in [9.17, 15) is 8.42 Å². The van der Waals surface area contributed by atoms with Gasteiger partial charge in [0.15, 0.2) is 5.82 Å². The van der Waals surface area contributed by atoms with E-state index in [1.54, 1.807) is 25.3 Å². The average Bonchev–Trinajstić information content (AvgIpc) is 2.83. The SMILES string of the molecule is Cc1noc(-c2ccnc(NC(C)CCS(C)(=O)=O)c2)n1. The van der Waals surface area contributed by atoms with Crippen LogP contribution in [0.15, 0.2) is 22.9 Å². The lowest BCUT2D eigenvalue weighted by Crippen LogP contribution is -2.20. The number of aryl methyl sites for hydroxylation is 1. The van der Waals surface area contributed by atoms with Crippen LogP contribution in [-0.4, -0.2) is 41.6 Å². The van der Waals surface area contributed by atoms with Gasteiger partial charge in [-0.1, -0.05) is 5.16 Å². The molecule has 0 spiro atoms. The fraction of sp³-hybridized carbons (Fsp3) is 0.462. The highest BCUT2D eigenvalue weighted by Crippen LogP contribution is 2.19. The van der Waals surface area contributed by atoms with E-state index in [1.165, 1.54) is 6.26 Å². The number of nitrogens with one attached hydrogen (secondary N) is 1. The van der Waals surface area contributed by atoms with E-state index in [4.69, 9.17) is 4.52 Å². The van der Waals surface area contributed by atoms with Crippen LogP contribution in [0.1, 0.15) is 19.2 Å². The molecule has 21 heavy (non-hydrogen) atoms. The van der Waals surface area contributed by atoms with E-state index in [1.807, 2.05) is 6.92 Å². The Balaban J connectivity index is 2.04. The van der Waals surface area contributed by atoms with Gasteiger partial charge in [-0.3, -0.25) is 0 Å². The first-order chi connectivity index (χ1) is 9.83. The highest BCUT2D eigenvalue weighted by atomic mass is 32.2. The smallest absolute Gasteiger partial charge is 0.258 e. The summed E-state index contributed by atoms with van der Waals surface area (Å²) in [7, 11) is -2.95. The summed E-state index contributed by atoms with van der Waals surface area (Å²) in [5.41, 5.74) is 0.767. The number of pyridine rings is 1. The van der Waals surface area contributed by atoms with Crippen molar-refractivity contribution in [2.24, 2.45) is 0 Å². The Kier molecular flexibility index (Phi) is 4.56. The standard InChI is InChI=1S/C13H18N4O3S/c1-9(5-7-21(3,18)19)15-12-8-11(4-6-14-12)13-16-10(2)17-20-13/h4,6,8-9H,5,7H2,1-3H3,(H,14,15). The first kappa shape index (κ1) is 15.4. The predicted octanol–water partition coefficient (Wildman–Crippen LogP) is 1.68. The number of anilines is 1. The van der Waals surface area contributed by atoms with Gasteiger partial charge in [-0.25, -0.2) is 13.4 Å². The van der Waals surface area contributed by atoms with E-state index in [0.717, 1.165) is 5.56 Å². The monoisotopic (exact) mass is 310 g/mol. The molecule has 0 aromatic carbocycles. The zero-order chi connectivity index (χ0) is 15.5. The molecule has 0 aliphatic carbocycles. The molecule has 2 rings (SSSR count). The van der Waals surface area contributed by atoms with Crippen molar-refractivity contribution in [1.82, 2.24) is 15.1 Å². The summed E-state index contributed by atoms with van der Waals surface area (Å²) in [6, 6.07) is 3.57. The minimum atomic E-state index is -2.95. The van der Waals surface area contributed by atoms with Crippen molar-refractivity contribution < 1.29 is 12.9 Å². The zero-order valence-electron chi connectivity index (χ0n) is 12.2. The Labute approximate surface area is 123 Å². The number of sulfone groups is 1. The molecule has 114 valence electrons. The Hall–Kier alpha value is -1.96. The summed E-state index contributed by atoms with van der Waals surface area (Å²) >= 11 is 0. The molecule has 1 N–H and O–H groups in total. The average molecular weight is 310 g/mol. The molecule has 8 heteroatoms. The van der Waals surface area contributed by atoms with Crippen LogP contribution >= 0.6 is 0 Å². The summed E-state index contributed by atoms with van der Waals surface area (Å²) in [4.78, 5) is 8.36. The largest absolute Gasteiger partial charge is 0.368 e. The summed E-state index contributed by atoms with van der Waals surface area (Å²) in [5, 5.41) is 6.91. The van der Waals surface area contributed by atoms with Gasteiger partial charge in [-0.05, 0) is 32.4 Å². The van der Waals surface area contributed by atoms with Gasteiger partial charge < -0.3 is 9.84 Å². The maximum atomic E-state index is 11.2. The third-order valence-corrected chi connectivity index (χ3v) is 3.83. The van der Waals surface area contributed by atoms with Crippen molar-refractivity contribution in [1.29, 1.82) is 0 Å². The molecule has 2 aromatic heterocycles. The maximum Gasteiger partial charge on any atom is 0.258 e. The molecule has 0 saturated carbocycles. The summed E-state index contributed by atoms with van der Waals surface area (Å²) in [6.45, 7) is 3.66. The first-order valence-corrected chi connectivity index (χ1v) is 8.60. The number of rotatable bonds is 6. The molecule has 0 fully saturated rings. The first-order valence-electron chi connectivity index (χ1n) is 6.54. The Morgan fingerprint density at radius 3 is 2.81 bits per heavy atom. The molecule has 1 atom stereocenters. The normalized spacial score (nSPS) is 13.1. The molecule has 0 radical (unpaired) electrons. The van der Waals surface area contributed by atoms with Crippen molar-refractivity contribution in [3.63, 3.8) is 0 Å². The van der Waals surface area contributed by atoms with Crippen molar-refractivity contribution in [3.8, 4) is 11.5 Å². The van der Waals surface area contributed by atoms with Crippen LogP contribution in [0.25, 0.3) is 11.5 Å². The van der Waals surface area contributed by atoms with E-state index in [-0.39, 0.29) is 11.8 Å². The lowest BCUT2D eigenvalue weighted by molar-refractivity contribution is 0.425. The quantitative estimate of drug-likeness (QED) is 0.866. The highest BCUT2D eigenvalue weighted by Gasteiger charge is 2.10. The molecule has 0 bridgehead atoms. The third-order valence-electron chi connectivity index (χ3n) is 2.85. The number of aromatic nitrogens is 3. The fourth-order valence-corrected chi connectivity index (χ4v) is 2.55. The van der Waals surface area contributed by atoms with E-state index in [0.29, 0.717) is 24.0 Å². The van der Waals surface area contributed by atoms with Crippen molar-refractivity contribution in [2.45, 2.75) is 26.3 Å². The molecule has 2 aromatic rings. The van der Waals surface area contributed by atoms with Gasteiger partial charge in [0.2, 0.25) is 0 Å². The van der Waals surface area contributed by atoms with Crippen molar-refractivity contribution >= 4 is 15.7 Å². The minimum absolute atomic E-state index is 0.00750. The van der Waals surface area contributed by atoms with E-state index < -0.39 is 9.84 Å². The maximum absolute atomic E-state index is 11.2. The number of hydrogen-bond acceptors (Lipinski definition) is 7. The summed E-state index contributed by atoms with van der Waals surface area (Å²) in [5.74, 6) is 1.79. The second-order valence-corrected chi connectivity index (χ2v) is 7.30. The van der Waals surface area contributed by atoms with Crippen LogP contribution in [-0.2, 0) is 9.84 Å². The van der Waals surface area contributed by atoms with Crippen LogP contribution < -0.4 is 5.32 Å². The van der Waals surface area contributed by atoms with Gasteiger partial charge in [-0.15, -0.1) is 0 Å². The van der Waals surface area contributed by atoms with Crippen LogP contribution in [0.3, 0.4) is 0 Å². The van der Waals surface area contributed by atoms with Crippen molar-refractivity contribution in [2.75, 3.05) is 17.3 Å².